The van der Waals surface area contributed by atoms with E-state index < -0.39 is 5.60 Å². The van der Waals surface area contributed by atoms with Crippen LogP contribution < -0.4 is 5.32 Å². The van der Waals surface area contributed by atoms with Crippen molar-refractivity contribution in [3.05, 3.63) is 0 Å². The normalized spacial score (nSPS) is 42.5. The highest BCUT2D eigenvalue weighted by molar-refractivity contribution is 5.82. The highest BCUT2D eigenvalue weighted by Crippen LogP contribution is 2.49. The lowest BCUT2D eigenvalue weighted by molar-refractivity contribution is -0.128. The average molecular weight is 266 g/mol. The van der Waals surface area contributed by atoms with Gasteiger partial charge < -0.3 is 10.4 Å². The summed E-state index contributed by atoms with van der Waals surface area (Å²) in [4.78, 5) is 14.3. The summed E-state index contributed by atoms with van der Waals surface area (Å²) in [7, 11) is 2.01. The third-order valence-electron chi connectivity index (χ3n) is 5.75. The number of carbonyl (C=O) groups is 1. The van der Waals surface area contributed by atoms with E-state index >= 15 is 0 Å². The Labute approximate surface area is 115 Å². The SMILES string of the molecule is CN1CCC[C@@H]1C(=O)NC[C@@]1(O)C2CCC[C@@H]1CC2. The van der Waals surface area contributed by atoms with Crippen LogP contribution in [0.3, 0.4) is 0 Å². The smallest absolute Gasteiger partial charge is 0.237 e. The lowest BCUT2D eigenvalue weighted by Gasteiger charge is -2.39. The van der Waals surface area contributed by atoms with Gasteiger partial charge in [0.05, 0.1) is 11.6 Å². The Hall–Kier alpha value is -0.610. The maximum absolute atomic E-state index is 12.2. The summed E-state index contributed by atoms with van der Waals surface area (Å²) >= 11 is 0. The monoisotopic (exact) mass is 266 g/mol. The molecule has 4 nitrogen and oxygen atoms in total. The van der Waals surface area contributed by atoms with Crippen molar-refractivity contribution in [2.45, 2.75) is 56.6 Å². The minimum absolute atomic E-state index is 0.0184. The number of nitrogens with zero attached hydrogens (tertiary/aromatic N) is 1. The molecule has 0 radical (unpaired) electrons. The summed E-state index contributed by atoms with van der Waals surface area (Å²) < 4.78 is 0. The van der Waals surface area contributed by atoms with Crippen LogP contribution in [0.1, 0.15) is 44.9 Å². The molecule has 3 aliphatic rings. The molecular formula is C15H26N2O2. The number of likely N-dealkylation sites (tertiary alicyclic amines) is 1. The number of carbonyl (C=O) groups excluding carboxylic acids is 1. The molecule has 1 aliphatic heterocycles. The molecule has 4 heteroatoms. The zero-order valence-corrected chi connectivity index (χ0v) is 11.9. The molecule has 1 heterocycles. The fraction of sp³-hybridized carbons (Fsp3) is 0.933. The second-order valence-electron chi connectivity index (χ2n) is 6.75. The predicted octanol–water partition coefficient (Wildman–Crippen LogP) is 1.14. The van der Waals surface area contributed by atoms with Gasteiger partial charge in [-0.05, 0) is 64.0 Å². The van der Waals surface area contributed by atoms with E-state index in [4.69, 9.17) is 0 Å². The van der Waals surface area contributed by atoms with Crippen LogP contribution in [0.4, 0.5) is 0 Å². The molecule has 19 heavy (non-hydrogen) atoms. The number of aliphatic hydroxyl groups is 1. The lowest BCUT2D eigenvalue weighted by atomic mass is 9.74. The largest absolute Gasteiger partial charge is 0.387 e. The molecule has 3 fully saturated rings. The molecule has 108 valence electrons. The fourth-order valence-corrected chi connectivity index (χ4v) is 4.51. The molecule has 1 unspecified atom stereocenters. The van der Waals surface area contributed by atoms with E-state index in [0.717, 1.165) is 45.1 Å². The summed E-state index contributed by atoms with van der Waals surface area (Å²) in [5.41, 5.74) is -0.620. The van der Waals surface area contributed by atoms with E-state index in [9.17, 15) is 9.90 Å². The molecule has 2 aliphatic carbocycles. The maximum atomic E-state index is 12.2. The zero-order chi connectivity index (χ0) is 13.5. The molecule has 2 N–H and O–H groups in total. The third-order valence-corrected chi connectivity index (χ3v) is 5.75. The Bertz CT molecular complexity index is 342. The first-order valence-corrected chi connectivity index (χ1v) is 7.81. The van der Waals surface area contributed by atoms with Crippen LogP contribution in [0.5, 0.6) is 0 Å². The fourth-order valence-electron chi connectivity index (χ4n) is 4.51. The minimum atomic E-state index is -0.620. The first-order valence-electron chi connectivity index (χ1n) is 7.81. The zero-order valence-electron chi connectivity index (χ0n) is 11.9. The van der Waals surface area contributed by atoms with Crippen LogP contribution in [0, 0.1) is 11.8 Å². The van der Waals surface area contributed by atoms with Gasteiger partial charge in [0.15, 0.2) is 0 Å². The molecule has 2 saturated carbocycles. The Morgan fingerprint density at radius 3 is 2.47 bits per heavy atom. The molecule has 0 aromatic rings. The first kappa shape index (κ1) is 13.4. The van der Waals surface area contributed by atoms with Crippen LogP contribution in [0.25, 0.3) is 0 Å². The molecule has 1 saturated heterocycles. The van der Waals surface area contributed by atoms with Crippen molar-refractivity contribution >= 4 is 5.91 Å². The van der Waals surface area contributed by atoms with Gasteiger partial charge in [0.25, 0.3) is 0 Å². The van der Waals surface area contributed by atoms with E-state index in [1.54, 1.807) is 0 Å². The number of fused-ring (bicyclic) bond motifs is 2. The van der Waals surface area contributed by atoms with Crippen LogP contribution in [0.2, 0.25) is 0 Å². The summed E-state index contributed by atoms with van der Waals surface area (Å²) in [6, 6.07) is 0.0184. The maximum Gasteiger partial charge on any atom is 0.237 e. The van der Waals surface area contributed by atoms with Gasteiger partial charge in [-0.2, -0.15) is 0 Å². The van der Waals surface area contributed by atoms with Crippen molar-refractivity contribution in [2.24, 2.45) is 11.8 Å². The predicted molar refractivity (Wildman–Crippen MR) is 73.7 cm³/mol. The van der Waals surface area contributed by atoms with Crippen LogP contribution in [-0.2, 0) is 4.79 Å². The number of amides is 1. The number of likely N-dealkylation sites (N-methyl/N-ethyl adjacent to an activating group) is 1. The Kier molecular flexibility index (Phi) is 3.56. The van der Waals surface area contributed by atoms with E-state index in [1.165, 1.54) is 6.42 Å². The van der Waals surface area contributed by atoms with Gasteiger partial charge >= 0.3 is 0 Å². The topological polar surface area (TPSA) is 52.6 Å². The van der Waals surface area contributed by atoms with Crippen molar-refractivity contribution in [1.29, 1.82) is 0 Å². The number of hydrogen-bond acceptors (Lipinski definition) is 3. The van der Waals surface area contributed by atoms with Gasteiger partial charge in [-0.15, -0.1) is 0 Å². The molecule has 2 bridgehead atoms. The van der Waals surface area contributed by atoms with E-state index in [0.29, 0.717) is 18.4 Å². The lowest BCUT2D eigenvalue weighted by Crippen LogP contribution is -2.54. The second kappa shape index (κ2) is 5.06. The van der Waals surface area contributed by atoms with Gasteiger partial charge in [-0.1, -0.05) is 6.42 Å². The Balaban J connectivity index is 1.58. The quantitative estimate of drug-likeness (QED) is 0.805. The standard InChI is InChI=1S/C15H26N2O2/c1-17-9-3-6-13(17)14(18)16-10-15(19)11-4-2-5-12(15)8-7-11/h11-13,19H,2-10H2,1H3,(H,16,18)/t11-,12?,13-,15+/m1/s1. The van der Waals surface area contributed by atoms with Gasteiger partial charge in [0.1, 0.15) is 0 Å². The second-order valence-corrected chi connectivity index (χ2v) is 6.75. The summed E-state index contributed by atoms with van der Waals surface area (Å²) in [5, 5.41) is 13.9. The van der Waals surface area contributed by atoms with Gasteiger partial charge in [-0.3, -0.25) is 9.69 Å². The molecule has 0 aromatic heterocycles. The summed E-state index contributed by atoms with van der Waals surface area (Å²) in [5.74, 6) is 0.930. The van der Waals surface area contributed by atoms with E-state index in [2.05, 4.69) is 10.2 Å². The van der Waals surface area contributed by atoms with E-state index in [1.807, 2.05) is 7.05 Å². The minimum Gasteiger partial charge on any atom is -0.387 e. The molecule has 3 rings (SSSR count). The molecule has 4 atom stereocenters. The molecule has 1 amide bonds. The van der Waals surface area contributed by atoms with Crippen LogP contribution in [0.15, 0.2) is 0 Å². The van der Waals surface area contributed by atoms with Crippen molar-refractivity contribution in [2.75, 3.05) is 20.1 Å². The number of hydrogen-bond donors (Lipinski definition) is 2. The van der Waals surface area contributed by atoms with E-state index in [-0.39, 0.29) is 11.9 Å². The molecular weight excluding hydrogens is 240 g/mol. The van der Waals surface area contributed by atoms with Gasteiger partial charge in [0, 0.05) is 6.54 Å². The number of nitrogens with one attached hydrogen (secondary N) is 1. The van der Waals surface area contributed by atoms with Crippen LogP contribution >= 0.6 is 0 Å². The van der Waals surface area contributed by atoms with Crippen molar-refractivity contribution in [3.63, 3.8) is 0 Å². The van der Waals surface area contributed by atoms with Crippen LogP contribution in [-0.4, -0.2) is 47.7 Å². The van der Waals surface area contributed by atoms with Crippen molar-refractivity contribution in [1.82, 2.24) is 10.2 Å². The summed E-state index contributed by atoms with van der Waals surface area (Å²) in [6.07, 6.45) is 7.84. The Morgan fingerprint density at radius 1 is 1.21 bits per heavy atom. The number of rotatable bonds is 3. The summed E-state index contributed by atoms with van der Waals surface area (Å²) in [6.45, 7) is 1.47. The highest BCUT2D eigenvalue weighted by atomic mass is 16.3. The molecule has 0 spiro atoms. The average Bonchev–Trinajstić information content (AvgIpc) is 2.84. The van der Waals surface area contributed by atoms with Gasteiger partial charge in [0.2, 0.25) is 5.91 Å². The van der Waals surface area contributed by atoms with Gasteiger partial charge in [-0.25, -0.2) is 0 Å². The third kappa shape index (κ3) is 2.29. The molecule has 0 aromatic carbocycles. The van der Waals surface area contributed by atoms with Crippen molar-refractivity contribution < 1.29 is 9.90 Å². The Morgan fingerprint density at radius 2 is 1.89 bits per heavy atom. The van der Waals surface area contributed by atoms with Crippen molar-refractivity contribution in [3.8, 4) is 0 Å². The highest BCUT2D eigenvalue weighted by Gasteiger charge is 2.50. The first-order chi connectivity index (χ1) is 9.11.